The van der Waals surface area contributed by atoms with Crippen molar-refractivity contribution in [3.05, 3.63) is 35.9 Å². The topological polar surface area (TPSA) is 120 Å². The molecule has 0 bridgehead atoms. The number of carbonyl (C=O) groups excluding carboxylic acids is 3. The smallest absolute Gasteiger partial charge is 0.408 e. The van der Waals surface area contributed by atoms with Crippen LogP contribution in [0.3, 0.4) is 0 Å². The molecular weight excluding hydrogens is 302 g/mol. The highest BCUT2D eigenvalue weighted by Crippen LogP contribution is 2.03. The van der Waals surface area contributed by atoms with Gasteiger partial charge in [0.1, 0.15) is 12.6 Å². The SMILES string of the molecule is COC(=O)C(CCCNC(N)=O)NC(=O)OCc1ccccc1. The highest BCUT2D eigenvalue weighted by molar-refractivity contribution is 5.81. The standard InChI is InChI=1S/C15H21N3O5/c1-22-13(19)12(8-5-9-17-14(16)20)18-15(21)23-10-11-6-3-2-4-7-11/h2-4,6-7,12H,5,8-10H2,1H3,(H,18,21)(H3,16,17,20). The Morgan fingerprint density at radius 3 is 2.52 bits per heavy atom. The van der Waals surface area contributed by atoms with Gasteiger partial charge in [-0.15, -0.1) is 0 Å². The number of carbonyl (C=O) groups is 3. The summed E-state index contributed by atoms with van der Waals surface area (Å²) in [5.74, 6) is -0.583. The third-order valence-electron chi connectivity index (χ3n) is 2.96. The second-order valence-corrected chi connectivity index (χ2v) is 4.72. The zero-order valence-electron chi connectivity index (χ0n) is 12.9. The van der Waals surface area contributed by atoms with Gasteiger partial charge in [0.05, 0.1) is 7.11 Å². The summed E-state index contributed by atoms with van der Waals surface area (Å²) in [6.07, 6.45) is 0.0156. The molecule has 0 radical (unpaired) electrons. The summed E-state index contributed by atoms with van der Waals surface area (Å²) in [5.41, 5.74) is 5.78. The van der Waals surface area contributed by atoms with Crippen molar-refractivity contribution < 1.29 is 23.9 Å². The van der Waals surface area contributed by atoms with Crippen LogP contribution >= 0.6 is 0 Å². The van der Waals surface area contributed by atoms with Crippen LogP contribution in [-0.2, 0) is 20.9 Å². The quantitative estimate of drug-likeness (QED) is 0.485. The molecule has 23 heavy (non-hydrogen) atoms. The van der Waals surface area contributed by atoms with Gasteiger partial charge in [-0.1, -0.05) is 30.3 Å². The maximum Gasteiger partial charge on any atom is 0.408 e. The zero-order chi connectivity index (χ0) is 17.1. The molecule has 0 heterocycles. The molecule has 0 fully saturated rings. The van der Waals surface area contributed by atoms with Gasteiger partial charge in [0.25, 0.3) is 0 Å². The van der Waals surface area contributed by atoms with Crippen LogP contribution in [-0.4, -0.2) is 37.8 Å². The number of nitrogens with one attached hydrogen (secondary N) is 2. The maximum atomic E-state index is 11.8. The van der Waals surface area contributed by atoms with E-state index in [1.807, 2.05) is 30.3 Å². The molecule has 0 aliphatic carbocycles. The molecular formula is C15H21N3O5. The molecule has 126 valence electrons. The van der Waals surface area contributed by atoms with E-state index in [1.54, 1.807) is 0 Å². The van der Waals surface area contributed by atoms with Crippen LogP contribution < -0.4 is 16.4 Å². The lowest BCUT2D eigenvalue weighted by Gasteiger charge is -2.16. The molecule has 8 heteroatoms. The Morgan fingerprint density at radius 1 is 1.22 bits per heavy atom. The number of amides is 3. The molecule has 1 aromatic rings. The Bertz CT molecular complexity index is 521. The second-order valence-electron chi connectivity index (χ2n) is 4.72. The Balaban J connectivity index is 2.40. The van der Waals surface area contributed by atoms with Crippen molar-refractivity contribution in [1.82, 2.24) is 10.6 Å². The first kappa shape index (κ1) is 18.3. The summed E-state index contributed by atoms with van der Waals surface area (Å²) in [6, 6.07) is 7.67. The highest BCUT2D eigenvalue weighted by Gasteiger charge is 2.21. The van der Waals surface area contributed by atoms with Gasteiger partial charge in [-0.2, -0.15) is 0 Å². The van der Waals surface area contributed by atoms with Gasteiger partial charge in [0.2, 0.25) is 0 Å². The first-order chi connectivity index (χ1) is 11.0. The van der Waals surface area contributed by atoms with E-state index in [2.05, 4.69) is 15.4 Å². The fraction of sp³-hybridized carbons (Fsp3) is 0.400. The predicted octanol–water partition coefficient (Wildman–Crippen LogP) is 0.903. The highest BCUT2D eigenvalue weighted by atomic mass is 16.6. The number of methoxy groups -OCH3 is 1. The van der Waals surface area contributed by atoms with Crippen LogP contribution in [0.5, 0.6) is 0 Å². The van der Waals surface area contributed by atoms with E-state index in [0.29, 0.717) is 13.0 Å². The van der Waals surface area contributed by atoms with Crippen LogP contribution in [0.2, 0.25) is 0 Å². The molecule has 3 amide bonds. The van der Waals surface area contributed by atoms with Crippen molar-refractivity contribution >= 4 is 18.1 Å². The average Bonchev–Trinajstić information content (AvgIpc) is 2.55. The average molecular weight is 323 g/mol. The molecule has 0 aromatic heterocycles. The first-order valence-electron chi connectivity index (χ1n) is 7.11. The largest absolute Gasteiger partial charge is 0.467 e. The first-order valence-corrected chi connectivity index (χ1v) is 7.11. The predicted molar refractivity (Wildman–Crippen MR) is 82.4 cm³/mol. The van der Waals surface area contributed by atoms with Crippen molar-refractivity contribution in [3.63, 3.8) is 0 Å². The van der Waals surface area contributed by atoms with Crippen LogP contribution in [0.25, 0.3) is 0 Å². The monoisotopic (exact) mass is 323 g/mol. The second kappa shape index (κ2) is 10.0. The lowest BCUT2D eigenvalue weighted by Crippen LogP contribution is -2.42. The Kier molecular flexibility index (Phi) is 7.98. The van der Waals surface area contributed by atoms with Crippen LogP contribution in [0, 0.1) is 0 Å². The summed E-state index contributed by atoms with van der Waals surface area (Å²) in [5, 5.41) is 4.85. The number of nitrogens with two attached hydrogens (primary N) is 1. The lowest BCUT2D eigenvalue weighted by molar-refractivity contribution is -0.143. The molecule has 0 saturated carbocycles. The number of hydrogen-bond acceptors (Lipinski definition) is 5. The Hall–Kier alpha value is -2.77. The molecule has 1 unspecified atom stereocenters. The van der Waals surface area contributed by atoms with Crippen LogP contribution in [0.4, 0.5) is 9.59 Å². The third kappa shape index (κ3) is 7.70. The van der Waals surface area contributed by atoms with Gasteiger partial charge >= 0.3 is 18.1 Å². The van der Waals surface area contributed by atoms with Crippen molar-refractivity contribution in [2.24, 2.45) is 5.73 Å². The normalized spacial score (nSPS) is 11.2. The fourth-order valence-electron chi connectivity index (χ4n) is 1.82. The minimum Gasteiger partial charge on any atom is -0.467 e. The van der Waals surface area contributed by atoms with E-state index >= 15 is 0 Å². The molecule has 0 aliphatic heterocycles. The van der Waals surface area contributed by atoms with E-state index in [4.69, 9.17) is 10.5 Å². The number of rotatable bonds is 8. The molecule has 1 aromatic carbocycles. The fourth-order valence-corrected chi connectivity index (χ4v) is 1.82. The van der Waals surface area contributed by atoms with E-state index in [9.17, 15) is 14.4 Å². The summed E-state index contributed by atoms with van der Waals surface area (Å²) >= 11 is 0. The maximum absolute atomic E-state index is 11.8. The Morgan fingerprint density at radius 2 is 1.91 bits per heavy atom. The van der Waals surface area contributed by atoms with Gasteiger partial charge < -0.3 is 25.8 Å². The van der Waals surface area contributed by atoms with Crippen molar-refractivity contribution in [2.75, 3.05) is 13.7 Å². The van der Waals surface area contributed by atoms with Gasteiger partial charge in [-0.25, -0.2) is 14.4 Å². The number of ether oxygens (including phenoxy) is 2. The minimum atomic E-state index is -0.849. The number of alkyl carbamates (subject to hydrolysis) is 1. The summed E-state index contributed by atoms with van der Waals surface area (Å²) in [4.78, 5) is 34.0. The summed E-state index contributed by atoms with van der Waals surface area (Å²) in [6.45, 7) is 0.396. The van der Waals surface area contributed by atoms with Crippen molar-refractivity contribution in [1.29, 1.82) is 0 Å². The number of hydrogen-bond donors (Lipinski definition) is 3. The van der Waals surface area contributed by atoms with Crippen molar-refractivity contribution in [2.45, 2.75) is 25.5 Å². The number of benzene rings is 1. The summed E-state index contributed by atoms with van der Waals surface area (Å²) < 4.78 is 9.68. The number of primary amides is 1. The van der Waals surface area contributed by atoms with Gasteiger partial charge in [-0.3, -0.25) is 0 Å². The molecule has 0 aliphatic rings. The van der Waals surface area contributed by atoms with E-state index < -0.39 is 24.1 Å². The molecule has 4 N–H and O–H groups in total. The molecule has 8 nitrogen and oxygen atoms in total. The molecule has 0 spiro atoms. The van der Waals surface area contributed by atoms with Gasteiger partial charge in [0.15, 0.2) is 0 Å². The van der Waals surface area contributed by atoms with Crippen LogP contribution in [0.1, 0.15) is 18.4 Å². The van der Waals surface area contributed by atoms with E-state index in [0.717, 1.165) is 5.56 Å². The van der Waals surface area contributed by atoms with Crippen LogP contribution in [0.15, 0.2) is 30.3 Å². The van der Waals surface area contributed by atoms with Gasteiger partial charge in [0, 0.05) is 6.54 Å². The van der Waals surface area contributed by atoms with E-state index in [-0.39, 0.29) is 13.0 Å². The number of urea groups is 1. The summed E-state index contributed by atoms with van der Waals surface area (Å²) in [7, 11) is 1.23. The zero-order valence-corrected chi connectivity index (χ0v) is 12.9. The number of esters is 1. The Labute approximate surface area is 134 Å². The minimum absolute atomic E-state index is 0.101. The lowest BCUT2D eigenvalue weighted by atomic mass is 10.1. The van der Waals surface area contributed by atoms with Crippen molar-refractivity contribution in [3.8, 4) is 0 Å². The van der Waals surface area contributed by atoms with Gasteiger partial charge in [-0.05, 0) is 18.4 Å². The van der Waals surface area contributed by atoms with E-state index in [1.165, 1.54) is 7.11 Å². The third-order valence-corrected chi connectivity index (χ3v) is 2.96. The molecule has 1 rings (SSSR count). The molecule has 0 saturated heterocycles. The molecule has 1 atom stereocenters.